The lowest BCUT2D eigenvalue weighted by molar-refractivity contribution is 0.0935. The van der Waals surface area contributed by atoms with Crippen LogP contribution in [0.1, 0.15) is 41.7 Å². The molecule has 1 heterocycles. The smallest absolute Gasteiger partial charge is 0.256 e. The van der Waals surface area contributed by atoms with Gasteiger partial charge in [-0.05, 0) is 31.6 Å². The number of aromatic nitrogens is 1. The molecule has 0 aromatic carbocycles. The molecular weight excluding hydrogens is 276 g/mol. The Bertz CT molecular complexity index is 527. The average molecular weight is 297 g/mol. The van der Waals surface area contributed by atoms with Crippen molar-refractivity contribution in [1.29, 1.82) is 0 Å². The van der Waals surface area contributed by atoms with Crippen molar-refractivity contribution in [3.05, 3.63) is 33.7 Å². The third kappa shape index (κ3) is 3.63. The van der Waals surface area contributed by atoms with Crippen LogP contribution >= 0.6 is 11.6 Å². The lowest BCUT2D eigenvalue weighted by Crippen LogP contribution is -2.36. The van der Waals surface area contributed by atoms with E-state index >= 15 is 0 Å². The van der Waals surface area contributed by atoms with Gasteiger partial charge in [0.05, 0.1) is 0 Å². The summed E-state index contributed by atoms with van der Waals surface area (Å²) in [6.45, 7) is 2.39. The third-order valence-corrected chi connectivity index (χ3v) is 4.49. The van der Waals surface area contributed by atoms with Crippen molar-refractivity contribution in [2.24, 2.45) is 11.8 Å². The van der Waals surface area contributed by atoms with Crippen molar-refractivity contribution in [2.45, 2.75) is 32.6 Å². The van der Waals surface area contributed by atoms with E-state index in [2.05, 4.69) is 10.3 Å². The number of rotatable bonds is 4. The van der Waals surface area contributed by atoms with Gasteiger partial charge in [-0.3, -0.25) is 9.59 Å². The monoisotopic (exact) mass is 296 g/mol. The molecule has 1 fully saturated rings. The summed E-state index contributed by atoms with van der Waals surface area (Å²) in [5, 5.41) is 2.88. The molecule has 110 valence electrons. The largest absolute Gasteiger partial charge is 0.364 e. The lowest BCUT2D eigenvalue weighted by atomic mass is 9.80. The van der Waals surface area contributed by atoms with Crippen LogP contribution in [0.5, 0.6) is 0 Å². The maximum absolute atomic E-state index is 12.1. The molecule has 1 amide bonds. The number of aryl methyl sites for hydroxylation is 1. The van der Waals surface area contributed by atoms with Gasteiger partial charge < -0.3 is 10.3 Å². The minimum Gasteiger partial charge on any atom is -0.364 e. The molecule has 1 aromatic rings. The maximum atomic E-state index is 12.1. The molecule has 0 spiro atoms. The van der Waals surface area contributed by atoms with Crippen molar-refractivity contribution in [3.8, 4) is 0 Å². The van der Waals surface area contributed by atoms with Crippen molar-refractivity contribution in [2.75, 3.05) is 12.4 Å². The summed E-state index contributed by atoms with van der Waals surface area (Å²) < 4.78 is 0. The van der Waals surface area contributed by atoms with Gasteiger partial charge >= 0.3 is 0 Å². The summed E-state index contributed by atoms with van der Waals surface area (Å²) in [4.78, 5) is 26.7. The normalized spacial score (nSPS) is 22.5. The first-order valence-corrected chi connectivity index (χ1v) is 7.68. The predicted octanol–water partition coefficient (Wildman–Crippen LogP) is 2.46. The zero-order chi connectivity index (χ0) is 14.5. The summed E-state index contributed by atoms with van der Waals surface area (Å²) in [6, 6.07) is 1.44. The van der Waals surface area contributed by atoms with E-state index in [1.807, 2.05) is 0 Å². The molecule has 5 heteroatoms. The van der Waals surface area contributed by atoms with Gasteiger partial charge in [0.15, 0.2) is 5.43 Å². The van der Waals surface area contributed by atoms with Gasteiger partial charge in [-0.2, -0.15) is 0 Å². The Morgan fingerprint density at radius 2 is 2.10 bits per heavy atom. The Labute approximate surface area is 123 Å². The number of nitrogens with one attached hydrogen (secondary N) is 2. The lowest BCUT2D eigenvalue weighted by Gasteiger charge is -2.30. The first-order valence-electron chi connectivity index (χ1n) is 7.15. The SMILES string of the molecule is Cc1cc(=O)c(C(=O)NCC2CCCCC2CCl)c[nH]1. The van der Waals surface area contributed by atoms with E-state index in [1.54, 1.807) is 6.92 Å². The number of carbonyl (C=O) groups excluding carboxylic acids is 1. The van der Waals surface area contributed by atoms with Crippen LogP contribution in [0.3, 0.4) is 0 Å². The molecule has 0 radical (unpaired) electrons. The fourth-order valence-corrected chi connectivity index (χ4v) is 3.23. The first-order chi connectivity index (χ1) is 9.61. The van der Waals surface area contributed by atoms with Gasteiger partial charge in [-0.15, -0.1) is 11.6 Å². The molecule has 1 aliphatic carbocycles. The number of alkyl halides is 1. The molecule has 1 aliphatic rings. The highest BCUT2D eigenvalue weighted by molar-refractivity contribution is 6.18. The number of halogens is 1. The number of pyridine rings is 1. The Kier molecular flexibility index (Phi) is 5.24. The highest BCUT2D eigenvalue weighted by Gasteiger charge is 2.25. The summed E-state index contributed by atoms with van der Waals surface area (Å²) in [7, 11) is 0. The number of carbonyl (C=O) groups is 1. The van der Waals surface area contributed by atoms with Crippen LogP contribution in [-0.2, 0) is 0 Å². The third-order valence-electron chi connectivity index (χ3n) is 4.09. The molecule has 2 N–H and O–H groups in total. The summed E-state index contributed by atoms with van der Waals surface area (Å²) in [6.07, 6.45) is 6.13. The van der Waals surface area contributed by atoms with Gasteiger partial charge in [0.1, 0.15) is 5.56 Å². The van der Waals surface area contributed by atoms with Crippen LogP contribution in [0.2, 0.25) is 0 Å². The predicted molar refractivity (Wildman–Crippen MR) is 80.3 cm³/mol. The number of hydrogen-bond acceptors (Lipinski definition) is 2. The standard InChI is InChI=1S/C15H21ClN2O2/c1-10-6-14(19)13(9-17-10)15(20)18-8-12-5-3-2-4-11(12)7-16/h6,9,11-12H,2-5,7-8H2,1H3,(H,17,19)(H,18,20). The molecular formula is C15H21ClN2O2. The van der Waals surface area contributed by atoms with E-state index in [0.717, 1.165) is 18.5 Å². The minimum atomic E-state index is -0.301. The van der Waals surface area contributed by atoms with Crippen molar-refractivity contribution in [1.82, 2.24) is 10.3 Å². The van der Waals surface area contributed by atoms with Crippen LogP contribution in [0.25, 0.3) is 0 Å². The van der Waals surface area contributed by atoms with Crippen LogP contribution in [-0.4, -0.2) is 23.3 Å². The second kappa shape index (κ2) is 6.93. The minimum absolute atomic E-state index is 0.175. The maximum Gasteiger partial charge on any atom is 0.256 e. The van der Waals surface area contributed by atoms with E-state index in [0.29, 0.717) is 24.3 Å². The van der Waals surface area contributed by atoms with Gasteiger partial charge in [0.25, 0.3) is 5.91 Å². The highest BCUT2D eigenvalue weighted by atomic mass is 35.5. The summed E-state index contributed by atoms with van der Waals surface area (Å²) >= 11 is 5.98. The molecule has 4 nitrogen and oxygen atoms in total. The summed E-state index contributed by atoms with van der Waals surface area (Å²) in [5.41, 5.74) is 0.686. The Morgan fingerprint density at radius 3 is 2.75 bits per heavy atom. The molecule has 0 saturated heterocycles. The van der Waals surface area contributed by atoms with E-state index in [9.17, 15) is 9.59 Å². The quantitative estimate of drug-likeness (QED) is 0.839. The topological polar surface area (TPSA) is 62.0 Å². The Morgan fingerprint density at radius 1 is 1.40 bits per heavy atom. The molecule has 1 saturated carbocycles. The van der Waals surface area contributed by atoms with Gasteiger partial charge in [-0.1, -0.05) is 12.8 Å². The van der Waals surface area contributed by atoms with E-state index in [1.165, 1.54) is 25.1 Å². The second-order valence-electron chi connectivity index (χ2n) is 5.56. The molecule has 0 aliphatic heterocycles. The molecule has 2 atom stereocenters. The molecule has 0 bridgehead atoms. The summed E-state index contributed by atoms with van der Waals surface area (Å²) in [5.74, 6) is 1.24. The number of H-pyrrole nitrogens is 1. The van der Waals surface area contributed by atoms with E-state index in [4.69, 9.17) is 11.6 Å². The highest BCUT2D eigenvalue weighted by Crippen LogP contribution is 2.30. The van der Waals surface area contributed by atoms with E-state index in [-0.39, 0.29) is 16.9 Å². The van der Waals surface area contributed by atoms with Crippen LogP contribution in [0, 0.1) is 18.8 Å². The molecule has 2 unspecified atom stereocenters. The number of hydrogen-bond donors (Lipinski definition) is 2. The number of aromatic amines is 1. The zero-order valence-electron chi connectivity index (χ0n) is 11.7. The number of amides is 1. The van der Waals surface area contributed by atoms with Gasteiger partial charge in [-0.25, -0.2) is 0 Å². The van der Waals surface area contributed by atoms with Crippen LogP contribution in [0.4, 0.5) is 0 Å². The average Bonchev–Trinajstić information content (AvgIpc) is 2.45. The van der Waals surface area contributed by atoms with Crippen molar-refractivity contribution >= 4 is 17.5 Å². The fourth-order valence-electron chi connectivity index (χ4n) is 2.83. The first kappa shape index (κ1) is 15.1. The fraction of sp³-hybridized carbons (Fsp3) is 0.600. The molecule has 2 rings (SSSR count). The molecule has 20 heavy (non-hydrogen) atoms. The Balaban J connectivity index is 1.96. The second-order valence-corrected chi connectivity index (χ2v) is 5.87. The van der Waals surface area contributed by atoms with Crippen LogP contribution in [0.15, 0.2) is 17.1 Å². The van der Waals surface area contributed by atoms with Gasteiger partial charge in [0.2, 0.25) is 0 Å². The van der Waals surface area contributed by atoms with Crippen LogP contribution < -0.4 is 10.7 Å². The molecule has 1 aromatic heterocycles. The van der Waals surface area contributed by atoms with E-state index < -0.39 is 0 Å². The van der Waals surface area contributed by atoms with Crippen molar-refractivity contribution in [3.63, 3.8) is 0 Å². The zero-order valence-corrected chi connectivity index (χ0v) is 12.5. The van der Waals surface area contributed by atoms with Crippen molar-refractivity contribution < 1.29 is 4.79 Å². The Hall–Kier alpha value is -1.29. The van der Waals surface area contributed by atoms with Gasteiger partial charge in [0, 0.05) is 30.4 Å².